The van der Waals surface area contributed by atoms with Gasteiger partial charge in [0, 0.05) is 6.54 Å². The molecule has 0 saturated heterocycles. The van der Waals surface area contributed by atoms with Gasteiger partial charge in [0.1, 0.15) is 0 Å². The topological polar surface area (TPSA) is 128 Å². The summed E-state index contributed by atoms with van der Waals surface area (Å²) in [7, 11) is 0. The van der Waals surface area contributed by atoms with Gasteiger partial charge >= 0.3 is 0 Å². The molecule has 0 fully saturated rings. The summed E-state index contributed by atoms with van der Waals surface area (Å²) in [5.74, 6) is 0.636. The Labute approximate surface area is 255 Å². The van der Waals surface area contributed by atoms with Crippen LogP contribution in [-0.4, -0.2) is 152 Å². The molecule has 0 aliphatic carbocycles. The Morgan fingerprint density at radius 1 is 0.405 bits per heavy atom. The Hall–Kier alpha value is -0.480. The SMILES string of the molecule is CCC(C)C(C)(C)COCCOCCOCCOCCOCCOCCOCCOCCOCCOCCOCCN. The number of hydrogen-bond acceptors (Lipinski definition) is 12. The third kappa shape index (κ3) is 31.0. The van der Waals surface area contributed by atoms with Crippen LogP contribution >= 0.6 is 0 Å². The summed E-state index contributed by atoms with van der Waals surface area (Å²) in [5, 5.41) is 0. The van der Waals surface area contributed by atoms with E-state index in [0.29, 0.717) is 151 Å². The van der Waals surface area contributed by atoms with Crippen molar-refractivity contribution < 1.29 is 52.1 Å². The molecular weight excluding hydrogens is 550 g/mol. The lowest BCUT2D eigenvalue weighted by Gasteiger charge is -2.30. The smallest absolute Gasteiger partial charge is 0.0701 e. The summed E-state index contributed by atoms with van der Waals surface area (Å²) in [6.07, 6.45) is 1.16. The van der Waals surface area contributed by atoms with Crippen LogP contribution in [0.25, 0.3) is 0 Å². The highest BCUT2D eigenvalue weighted by Gasteiger charge is 2.24. The summed E-state index contributed by atoms with van der Waals surface area (Å²) < 4.78 is 60.2. The van der Waals surface area contributed by atoms with E-state index >= 15 is 0 Å². The van der Waals surface area contributed by atoms with Gasteiger partial charge in [-0.3, -0.25) is 0 Å². The van der Waals surface area contributed by atoms with Gasteiger partial charge in [-0.1, -0.05) is 34.1 Å². The largest absolute Gasteiger partial charge is 0.378 e. The van der Waals surface area contributed by atoms with E-state index in [1.54, 1.807) is 0 Å². The van der Waals surface area contributed by atoms with Gasteiger partial charge in [0.25, 0.3) is 0 Å². The fourth-order valence-electron chi connectivity index (χ4n) is 3.31. The van der Waals surface area contributed by atoms with E-state index in [-0.39, 0.29) is 5.41 Å². The average Bonchev–Trinajstić information content (AvgIpc) is 2.99. The Bertz CT molecular complexity index is 518. The van der Waals surface area contributed by atoms with E-state index in [4.69, 9.17) is 57.8 Å². The first-order chi connectivity index (χ1) is 20.5. The maximum Gasteiger partial charge on any atom is 0.0701 e. The monoisotopic (exact) mass is 613 g/mol. The molecule has 254 valence electrons. The van der Waals surface area contributed by atoms with Crippen LogP contribution in [0.1, 0.15) is 34.1 Å². The molecule has 0 spiro atoms. The molecular formula is C30H63NO11. The zero-order valence-electron chi connectivity index (χ0n) is 27.1. The van der Waals surface area contributed by atoms with Crippen LogP contribution in [0.15, 0.2) is 0 Å². The Morgan fingerprint density at radius 2 is 0.619 bits per heavy atom. The molecule has 0 aliphatic heterocycles. The second-order valence-corrected chi connectivity index (χ2v) is 10.3. The first-order valence-electron chi connectivity index (χ1n) is 15.6. The second-order valence-electron chi connectivity index (χ2n) is 10.3. The summed E-state index contributed by atoms with van der Waals surface area (Å²) in [6.45, 7) is 21.6. The van der Waals surface area contributed by atoms with Crippen molar-refractivity contribution in [1.29, 1.82) is 0 Å². The molecule has 1 atom stereocenters. The maximum absolute atomic E-state index is 5.76. The Morgan fingerprint density at radius 3 is 0.833 bits per heavy atom. The lowest BCUT2D eigenvalue weighted by atomic mass is 9.79. The lowest BCUT2D eigenvalue weighted by Crippen LogP contribution is -2.28. The van der Waals surface area contributed by atoms with E-state index in [1.165, 1.54) is 0 Å². The molecule has 0 rings (SSSR count). The zero-order valence-corrected chi connectivity index (χ0v) is 27.1. The summed E-state index contributed by atoms with van der Waals surface area (Å²) in [4.78, 5) is 0. The number of ether oxygens (including phenoxy) is 11. The minimum atomic E-state index is 0.194. The van der Waals surface area contributed by atoms with Crippen molar-refractivity contribution >= 4 is 0 Å². The van der Waals surface area contributed by atoms with Crippen LogP contribution in [-0.2, 0) is 52.1 Å². The van der Waals surface area contributed by atoms with Gasteiger partial charge in [0.05, 0.1) is 145 Å². The van der Waals surface area contributed by atoms with E-state index in [1.807, 2.05) is 0 Å². The van der Waals surface area contributed by atoms with Crippen molar-refractivity contribution in [2.45, 2.75) is 34.1 Å². The van der Waals surface area contributed by atoms with Crippen LogP contribution in [0, 0.1) is 11.3 Å². The zero-order chi connectivity index (χ0) is 30.8. The van der Waals surface area contributed by atoms with Gasteiger partial charge in [-0.2, -0.15) is 0 Å². The molecule has 0 aromatic rings. The molecule has 2 N–H and O–H groups in total. The molecule has 0 aromatic carbocycles. The lowest BCUT2D eigenvalue weighted by molar-refractivity contribution is -0.0304. The first-order valence-corrected chi connectivity index (χ1v) is 15.6. The molecule has 1 unspecified atom stereocenters. The highest BCUT2D eigenvalue weighted by molar-refractivity contribution is 4.73. The van der Waals surface area contributed by atoms with Crippen molar-refractivity contribution in [3.8, 4) is 0 Å². The standard InChI is InChI=1S/C30H63NO11/c1-5-29(2)30(3,4)28-42-27-26-41-25-24-40-23-22-39-21-20-38-19-18-37-17-16-36-15-14-35-13-12-34-11-10-33-9-8-32-7-6-31/h29H,5-28,31H2,1-4H3. The van der Waals surface area contributed by atoms with Gasteiger partial charge in [0.2, 0.25) is 0 Å². The summed E-state index contributed by atoms with van der Waals surface area (Å²) in [6, 6.07) is 0. The Balaban J connectivity index is 3.11. The average molecular weight is 614 g/mol. The van der Waals surface area contributed by atoms with Gasteiger partial charge < -0.3 is 57.8 Å². The third-order valence-electron chi connectivity index (χ3n) is 6.40. The second kappa shape index (κ2) is 33.4. The van der Waals surface area contributed by atoms with E-state index in [9.17, 15) is 0 Å². The van der Waals surface area contributed by atoms with Crippen LogP contribution < -0.4 is 5.73 Å². The Kier molecular flexibility index (Phi) is 33.0. The number of rotatable bonds is 36. The van der Waals surface area contributed by atoms with E-state index < -0.39 is 0 Å². The van der Waals surface area contributed by atoms with Gasteiger partial charge in [-0.15, -0.1) is 0 Å². The van der Waals surface area contributed by atoms with Crippen molar-refractivity contribution in [3.05, 3.63) is 0 Å². The molecule has 0 saturated carbocycles. The molecule has 0 radical (unpaired) electrons. The van der Waals surface area contributed by atoms with Crippen molar-refractivity contribution in [2.75, 3.05) is 152 Å². The fourth-order valence-corrected chi connectivity index (χ4v) is 3.31. The van der Waals surface area contributed by atoms with Crippen LogP contribution in [0.4, 0.5) is 0 Å². The quantitative estimate of drug-likeness (QED) is 0.104. The van der Waals surface area contributed by atoms with Crippen molar-refractivity contribution in [3.63, 3.8) is 0 Å². The predicted molar refractivity (Wildman–Crippen MR) is 161 cm³/mol. The van der Waals surface area contributed by atoms with E-state index in [2.05, 4.69) is 27.7 Å². The van der Waals surface area contributed by atoms with Crippen LogP contribution in [0.2, 0.25) is 0 Å². The normalized spacial score (nSPS) is 12.8. The van der Waals surface area contributed by atoms with Gasteiger partial charge in [-0.05, 0) is 11.3 Å². The highest BCUT2D eigenvalue weighted by Crippen LogP contribution is 2.28. The predicted octanol–water partition coefficient (Wildman–Crippen LogP) is 2.20. The summed E-state index contributed by atoms with van der Waals surface area (Å²) >= 11 is 0. The molecule has 0 heterocycles. The molecule has 12 nitrogen and oxygen atoms in total. The highest BCUT2D eigenvalue weighted by atomic mass is 16.6. The van der Waals surface area contributed by atoms with E-state index in [0.717, 1.165) is 13.0 Å². The third-order valence-corrected chi connectivity index (χ3v) is 6.40. The van der Waals surface area contributed by atoms with Crippen LogP contribution in [0.3, 0.4) is 0 Å². The molecule has 0 bridgehead atoms. The minimum Gasteiger partial charge on any atom is -0.378 e. The summed E-state index contributed by atoms with van der Waals surface area (Å²) in [5.41, 5.74) is 5.52. The number of nitrogens with two attached hydrogens (primary N) is 1. The van der Waals surface area contributed by atoms with Gasteiger partial charge in [0.15, 0.2) is 0 Å². The van der Waals surface area contributed by atoms with Crippen LogP contribution in [0.5, 0.6) is 0 Å². The molecule has 0 aliphatic rings. The van der Waals surface area contributed by atoms with Gasteiger partial charge in [-0.25, -0.2) is 0 Å². The minimum absolute atomic E-state index is 0.194. The number of hydrogen-bond donors (Lipinski definition) is 1. The molecule has 0 aromatic heterocycles. The molecule has 12 heteroatoms. The van der Waals surface area contributed by atoms with Crippen molar-refractivity contribution in [2.24, 2.45) is 17.1 Å². The molecule has 0 amide bonds. The van der Waals surface area contributed by atoms with Crippen molar-refractivity contribution in [1.82, 2.24) is 0 Å². The molecule has 42 heavy (non-hydrogen) atoms. The fraction of sp³-hybridized carbons (Fsp3) is 1.00. The maximum atomic E-state index is 5.76. The first kappa shape index (κ1) is 41.5.